The molecular formula is C21H24O4. The summed E-state index contributed by atoms with van der Waals surface area (Å²) >= 11 is 0. The van der Waals surface area contributed by atoms with Crippen LogP contribution in [0.3, 0.4) is 0 Å². The van der Waals surface area contributed by atoms with E-state index < -0.39 is 0 Å². The van der Waals surface area contributed by atoms with Crippen molar-refractivity contribution in [3.63, 3.8) is 0 Å². The summed E-state index contributed by atoms with van der Waals surface area (Å²) in [7, 11) is 1.89. The van der Waals surface area contributed by atoms with Gasteiger partial charge in [-0.2, -0.15) is 0 Å². The first-order valence-electron chi connectivity index (χ1n) is 10.7. The zero-order valence-corrected chi connectivity index (χ0v) is 14.5. The van der Waals surface area contributed by atoms with Gasteiger partial charge in [0.25, 0.3) is 0 Å². The third kappa shape index (κ3) is 0.790. The summed E-state index contributed by atoms with van der Waals surface area (Å²) < 4.78 is 18.7. The van der Waals surface area contributed by atoms with E-state index in [4.69, 9.17) is 14.2 Å². The molecule has 0 aromatic carbocycles. The number of methoxy groups -OCH3 is 1. The molecule has 0 radical (unpaired) electrons. The molecule has 10 fully saturated rings. The summed E-state index contributed by atoms with van der Waals surface area (Å²) in [5.41, 5.74) is -0.0817. The molecule has 2 spiro atoms. The highest BCUT2D eigenvalue weighted by Gasteiger charge is 3.04. The highest BCUT2D eigenvalue weighted by Crippen LogP contribution is 3.00. The van der Waals surface area contributed by atoms with Gasteiger partial charge in [0.1, 0.15) is 0 Å². The van der Waals surface area contributed by atoms with Gasteiger partial charge in [-0.1, -0.05) is 0 Å². The largest absolute Gasteiger partial charge is 0.435 e. The van der Waals surface area contributed by atoms with Crippen LogP contribution in [0.25, 0.3) is 0 Å². The maximum Gasteiger partial charge on any atom is 0.315 e. The van der Waals surface area contributed by atoms with Crippen LogP contribution in [0.5, 0.6) is 0 Å². The molecule has 2 saturated heterocycles. The van der Waals surface area contributed by atoms with Crippen molar-refractivity contribution in [2.45, 2.75) is 44.2 Å². The van der Waals surface area contributed by atoms with E-state index in [2.05, 4.69) is 0 Å². The Hall–Kier alpha value is -0.610. The molecule has 4 nitrogen and oxygen atoms in total. The normalized spacial score (nSPS) is 79.1. The summed E-state index contributed by atoms with van der Waals surface area (Å²) in [6.45, 7) is 0. The Kier molecular flexibility index (Phi) is 1.64. The highest BCUT2D eigenvalue weighted by molar-refractivity contribution is 5.86. The van der Waals surface area contributed by atoms with E-state index in [-0.39, 0.29) is 23.1 Å². The fourth-order valence-electron chi connectivity index (χ4n) is 12.5. The number of esters is 1. The third-order valence-corrected chi connectivity index (χ3v) is 11.7. The van der Waals surface area contributed by atoms with Gasteiger partial charge in [0.15, 0.2) is 0 Å². The van der Waals surface area contributed by atoms with Gasteiger partial charge >= 0.3 is 5.97 Å². The van der Waals surface area contributed by atoms with Gasteiger partial charge in [0.2, 0.25) is 6.29 Å². The second-order valence-corrected chi connectivity index (χ2v) is 10.9. The van der Waals surface area contributed by atoms with Crippen LogP contribution >= 0.6 is 0 Å². The summed E-state index contributed by atoms with van der Waals surface area (Å²) in [5, 5.41) is 0. The maximum absolute atomic E-state index is 13.6. The van der Waals surface area contributed by atoms with Crippen molar-refractivity contribution in [1.82, 2.24) is 0 Å². The van der Waals surface area contributed by atoms with Crippen LogP contribution in [0.15, 0.2) is 0 Å². The number of rotatable bonds is 1. The molecule has 8 aliphatic carbocycles. The van der Waals surface area contributed by atoms with Gasteiger partial charge < -0.3 is 14.2 Å². The van der Waals surface area contributed by atoms with Crippen LogP contribution in [0.1, 0.15) is 25.7 Å². The second-order valence-electron chi connectivity index (χ2n) is 10.9. The molecule has 8 saturated carbocycles. The van der Waals surface area contributed by atoms with Gasteiger partial charge in [-0.3, -0.25) is 4.79 Å². The maximum atomic E-state index is 13.6. The van der Waals surface area contributed by atoms with E-state index in [1.807, 2.05) is 7.11 Å². The lowest BCUT2D eigenvalue weighted by atomic mass is 9.43. The molecule has 0 unspecified atom stereocenters. The average molecular weight is 340 g/mol. The summed E-state index contributed by atoms with van der Waals surface area (Å²) in [5.74, 6) is 7.36. The number of hydrogen-bond acceptors (Lipinski definition) is 4. The fourth-order valence-corrected chi connectivity index (χ4v) is 12.5. The Labute approximate surface area is 146 Å². The molecule has 15 atom stereocenters. The zero-order valence-electron chi connectivity index (χ0n) is 14.5. The molecule has 132 valence electrons. The number of ether oxygens (including phenoxy) is 3. The number of carbonyl (C=O) groups excluding carboxylic acids is 1. The van der Waals surface area contributed by atoms with E-state index in [0.29, 0.717) is 35.9 Å². The van der Waals surface area contributed by atoms with Gasteiger partial charge in [-0.25, -0.2) is 0 Å². The number of carbonyl (C=O) groups is 1. The Bertz CT molecular complexity index is 780. The summed E-state index contributed by atoms with van der Waals surface area (Å²) in [6, 6.07) is 0. The predicted molar refractivity (Wildman–Crippen MR) is 83.8 cm³/mol. The van der Waals surface area contributed by atoms with E-state index in [0.717, 1.165) is 35.5 Å². The van der Waals surface area contributed by atoms with Crippen LogP contribution in [-0.2, 0) is 19.0 Å². The molecule has 0 aromatic rings. The molecular weight excluding hydrogens is 316 g/mol. The van der Waals surface area contributed by atoms with Gasteiger partial charge in [-0.15, -0.1) is 0 Å². The minimum absolute atomic E-state index is 0.0839. The molecule has 10 aliphatic rings. The quantitative estimate of drug-likeness (QED) is 0.686. The van der Waals surface area contributed by atoms with E-state index in [9.17, 15) is 4.79 Å². The van der Waals surface area contributed by atoms with Crippen LogP contribution in [0.2, 0.25) is 0 Å². The first kappa shape index (κ1) is 12.7. The van der Waals surface area contributed by atoms with Crippen molar-refractivity contribution in [2.24, 2.45) is 70.0 Å². The lowest BCUT2D eigenvalue weighted by Crippen LogP contribution is -2.65. The van der Waals surface area contributed by atoms with Crippen LogP contribution in [0.4, 0.5) is 0 Å². The number of fused-ring (bicyclic) bond motifs is 1. The Morgan fingerprint density at radius 3 is 2.60 bits per heavy atom. The zero-order chi connectivity index (χ0) is 16.0. The minimum atomic E-state index is -0.194. The molecule has 25 heavy (non-hydrogen) atoms. The van der Waals surface area contributed by atoms with Crippen molar-refractivity contribution < 1.29 is 19.0 Å². The topological polar surface area (TPSA) is 44.8 Å². The first-order valence-corrected chi connectivity index (χ1v) is 10.7. The number of hydrogen-bond donors (Lipinski definition) is 0. The standard InChI is InChI=1S/C21H24O4/c1-23-8-4-2-6-10(8)16-13-12-14-7-3-5-9-11(7)17(12)21(15(6)13)19(24-9)25-18(22)20(14,16)21/h6-17,19H,2-5H2,1H3/t6-,7-,8-,9+,10+,11-,12+,13+,14-,15+,16+,17+,19-,20+,21+/m1/s1. The Morgan fingerprint density at radius 2 is 1.72 bits per heavy atom. The van der Waals surface area contributed by atoms with Crippen LogP contribution < -0.4 is 0 Å². The average Bonchev–Trinajstić information content (AvgIpc) is 3.37. The SMILES string of the molecule is CO[C@@H]1CC[C@@H]2[C@@H]1[C@H]1[C@H]3[C@H]4[C@H]5[C@@H]6CC[C@@H]7O[C@@H]8OC(=O)[C@@]15[C@]8([C@H]4[C@H]67)[C@@H]23. The lowest BCUT2D eigenvalue weighted by Gasteiger charge is -2.59. The molecule has 0 aromatic heterocycles. The third-order valence-electron chi connectivity index (χ3n) is 11.7. The Balaban J connectivity index is 1.38. The van der Waals surface area contributed by atoms with Crippen molar-refractivity contribution in [2.75, 3.05) is 7.11 Å². The minimum Gasteiger partial charge on any atom is -0.435 e. The molecule has 0 N–H and O–H groups in total. The molecule has 10 rings (SSSR count). The monoisotopic (exact) mass is 340 g/mol. The molecule has 2 aliphatic heterocycles. The fraction of sp³-hybridized carbons (Fsp3) is 0.952. The van der Waals surface area contributed by atoms with Crippen molar-refractivity contribution >= 4 is 5.97 Å². The highest BCUT2D eigenvalue weighted by atomic mass is 16.7. The Morgan fingerprint density at radius 1 is 0.920 bits per heavy atom. The van der Waals surface area contributed by atoms with E-state index in [1.165, 1.54) is 25.7 Å². The van der Waals surface area contributed by atoms with Crippen molar-refractivity contribution in [3.8, 4) is 0 Å². The van der Waals surface area contributed by atoms with Crippen molar-refractivity contribution in [3.05, 3.63) is 0 Å². The molecule has 8 bridgehead atoms. The second kappa shape index (κ2) is 3.22. The molecule has 0 amide bonds. The van der Waals surface area contributed by atoms with E-state index in [1.54, 1.807) is 0 Å². The van der Waals surface area contributed by atoms with Gasteiger partial charge in [-0.05, 0) is 84.9 Å². The lowest BCUT2D eigenvalue weighted by molar-refractivity contribution is -0.280. The molecule has 4 heteroatoms. The smallest absolute Gasteiger partial charge is 0.315 e. The van der Waals surface area contributed by atoms with Crippen LogP contribution in [0, 0.1) is 70.0 Å². The van der Waals surface area contributed by atoms with Crippen molar-refractivity contribution in [1.29, 1.82) is 0 Å². The van der Waals surface area contributed by atoms with E-state index >= 15 is 0 Å². The summed E-state index contributed by atoms with van der Waals surface area (Å²) in [4.78, 5) is 13.6. The predicted octanol–water partition coefficient (Wildman–Crippen LogP) is 2.07. The van der Waals surface area contributed by atoms with Gasteiger partial charge in [0, 0.05) is 7.11 Å². The summed E-state index contributed by atoms with van der Waals surface area (Å²) in [6.07, 6.45) is 5.61. The first-order chi connectivity index (χ1) is 12.3. The molecule has 2 heterocycles. The van der Waals surface area contributed by atoms with Crippen LogP contribution in [-0.4, -0.2) is 31.6 Å². The van der Waals surface area contributed by atoms with Gasteiger partial charge in [0.05, 0.1) is 23.0 Å².